The number of hydrogen-bond donors (Lipinski definition) is 0. The van der Waals surface area contributed by atoms with Crippen molar-refractivity contribution in [3.63, 3.8) is 0 Å². The molecule has 1 heterocycles. The molecule has 0 amide bonds. The van der Waals surface area contributed by atoms with Crippen molar-refractivity contribution in [1.82, 2.24) is 4.57 Å². The first-order valence-corrected chi connectivity index (χ1v) is 8.15. The number of carbonyl (C=O) groups excluding carboxylic acids is 1. The molecule has 0 aliphatic heterocycles. The molecule has 2 aromatic carbocycles. The van der Waals surface area contributed by atoms with E-state index in [-0.39, 0.29) is 5.78 Å². The van der Waals surface area contributed by atoms with Crippen LogP contribution in [-0.4, -0.2) is 16.1 Å². The molecule has 0 spiro atoms. The van der Waals surface area contributed by atoms with E-state index in [1.165, 1.54) is 11.1 Å². The van der Waals surface area contributed by atoms with Gasteiger partial charge in [0.15, 0.2) is 5.78 Å². The standard InChI is InChI=1S/C19H17NOS/c1-20-13-5-8-18(20)19(21)14-22-17-11-9-16(10-12-17)15-6-3-2-4-7-15/h2-13H,14H2,1H3. The minimum Gasteiger partial charge on any atom is -0.348 e. The zero-order chi connectivity index (χ0) is 15.4. The molecule has 22 heavy (non-hydrogen) atoms. The zero-order valence-electron chi connectivity index (χ0n) is 12.4. The van der Waals surface area contributed by atoms with Gasteiger partial charge >= 0.3 is 0 Å². The maximum absolute atomic E-state index is 12.1. The molecule has 0 saturated carbocycles. The van der Waals surface area contributed by atoms with Crippen LogP contribution >= 0.6 is 11.8 Å². The molecule has 0 aliphatic carbocycles. The molecule has 0 atom stereocenters. The summed E-state index contributed by atoms with van der Waals surface area (Å²) in [5.41, 5.74) is 3.16. The molecule has 0 unspecified atom stereocenters. The molecule has 0 N–H and O–H groups in total. The Morgan fingerprint density at radius 1 is 0.909 bits per heavy atom. The van der Waals surface area contributed by atoms with Crippen LogP contribution in [0.1, 0.15) is 10.5 Å². The molecule has 1 aromatic heterocycles. The lowest BCUT2D eigenvalue weighted by atomic mass is 10.1. The van der Waals surface area contributed by atoms with E-state index in [0.29, 0.717) is 5.75 Å². The maximum atomic E-state index is 12.1. The third kappa shape index (κ3) is 3.31. The summed E-state index contributed by atoms with van der Waals surface area (Å²) in [6.07, 6.45) is 1.90. The minimum absolute atomic E-state index is 0.157. The molecule has 0 bridgehead atoms. The van der Waals surface area contributed by atoms with Gasteiger partial charge in [-0.25, -0.2) is 0 Å². The van der Waals surface area contributed by atoms with E-state index < -0.39 is 0 Å². The highest BCUT2D eigenvalue weighted by atomic mass is 32.2. The summed E-state index contributed by atoms with van der Waals surface area (Å²) >= 11 is 1.58. The van der Waals surface area contributed by atoms with Crippen molar-refractivity contribution in [2.45, 2.75) is 4.90 Å². The first kappa shape index (κ1) is 14.7. The number of thioether (sulfide) groups is 1. The van der Waals surface area contributed by atoms with Gasteiger partial charge in [0, 0.05) is 18.1 Å². The normalized spacial score (nSPS) is 10.6. The molecule has 0 fully saturated rings. The monoisotopic (exact) mass is 307 g/mol. The fraction of sp³-hybridized carbons (Fsp3) is 0.105. The molecule has 3 aromatic rings. The summed E-state index contributed by atoms with van der Waals surface area (Å²) < 4.78 is 1.86. The summed E-state index contributed by atoms with van der Waals surface area (Å²) in [6.45, 7) is 0. The Balaban J connectivity index is 1.65. The summed E-state index contributed by atoms with van der Waals surface area (Å²) in [5, 5.41) is 0. The van der Waals surface area contributed by atoms with Crippen LogP contribution in [0.3, 0.4) is 0 Å². The van der Waals surface area contributed by atoms with Crippen LogP contribution in [0, 0.1) is 0 Å². The molecular weight excluding hydrogens is 290 g/mol. The van der Waals surface area contributed by atoms with Gasteiger partial charge in [0.1, 0.15) is 0 Å². The molecule has 0 saturated heterocycles. The Morgan fingerprint density at radius 2 is 1.59 bits per heavy atom. The van der Waals surface area contributed by atoms with Crippen LogP contribution in [0.15, 0.2) is 77.8 Å². The van der Waals surface area contributed by atoms with Crippen LogP contribution in [-0.2, 0) is 7.05 Å². The van der Waals surface area contributed by atoms with Crippen molar-refractivity contribution in [2.75, 3.05) is 5.75 Å². The number of rotatable bonds is 5. The fourth-order valence-corrected chi connectivity index (χ4v) is 3.12. The number of aryl methyl sites for hydroxylation is 1. The lowest BCUT2D eigenvalue weighted by Gasteiger charge is -2.05. The molecule has 0 aliphatic rings. The number of ketones is 1. The number of hydrogen-bond acceptors (Lipinski definition) is 2. The van der Waals surface area contributed by atoms with E-state index in [4.69, 9.17) is 0 Å². The Morgan fingerprint density at radius 3 is 2.23 bits per heavy atom. The Hall–Kier alpha value is -2.26. The third-order valence-electron chi connectivity index (χ3n) is 3.56. The van der Waals surface area contributed by atoms with Gasteiger partial charge in [0.25, 0.3) is 0 Å². The fourth-order valence-electron chi connectivity index (χ4n) is 2.35. The van der Waals surface area contributed by atoms with Crippen molar-refractivity contribution in [3.05, 3.63) is 78.6 Å². The Kier molecular flexibility index (Phi) is 4.45. The number of nitrogens with zero attached hydrogens (tertiary/aromatic N) is 1. The van der Waals surface area contributed by atoms with E-state index in [1.54, 1.807) is 11.8 Å². The van der Waals surface area contributed by atoms with Gasteiger partial charge in [-0.05, 0) is 35.4 Å². The molecular formula is C19H17NOS. The second-order valence-corrected chi connectivity index (χ2v) is 6.16. The molecule has 2 nitrogen and oxygen atoms in total. The molecule has 3 rings (SSSR count). The lowest BCUT2D eigenvalue weighted by molar-refractivity contribution is 0.101. The average molecular weight is 307 g/mol. The summed E-state index contributed by atoms with van der Waals surface area (Å²) in [5.74, 6) is 0.618. The summed E-state index contributed by atoms with van der Waals surface area (Å²) in [7, 11) is 1.90. The van der Waals surface area contributed by atoms with E-state index in [0.717, 1.165) is 10.6 Å². The van der Waals surface area contributed by atoms with Gasteiger partial charge in [-0.3, -0.25) is 4.79 Å². The van der Waals surface area contributed by atoms with Gasteiger partial charge in [0.05, 0.1) is 11.4 Å². The van der Waals surface area contributed by atoms with Crippen molar-refractivity contribution < 1.29 is 4.79 Å². The molecule has 110 valence electrons. The largest absolute Gasteiger partial charge is 0.348 e. The van der Waals surface area contributed by atoms with Crippen LogP contribution in [0.25, 0.3) is 11.1 Å². The Labute approximate surface area is 134 Å². The number of Topliss-reactive ketones (excluding diaryl/α,β-unsaturated/α-hetero) is 1. The van der Waals surface area contributed by atoms with Gasteiger partial charge < -0.3 is 4.57 Å². The summed E-state index contributed by atoms with van der Waals surface area (Å²) in [4.78, 5) is 13.3. The summed E-state index contributed by atoms with van der Waals surface area (Å²) in [6, 6.07) is 22.4. The van der Waals surface area contributed by atoms with Crippen LogP contribution in [0.5, 0.6) is 0 Å². The Bertz CT molecular complexity index is 760. The molecule has 0 radical (unpaired) electrons. The zero-order valence-corrected chi connectivity index (χ0v) is 13.2. The van der Waals surface area contributed by atoms with Gasteiger partial charge in [0.2, 0.25) is 0 Å². The second kappa shape index (κ2) is 6.67. The predicted molar refractivity (Wildman–Crippen MR) is 92.3 cm³/mol. The van der Waals surface area contributed by atoms with Gasteiger partial charge in [-0.2, -0.15) is 0 Å². The lowest BCUT2D eigenvalue weighted by Crippen LogP contribution is -2.07. The van der Waals surface area contributed by atoms with E-state index in [9.17, 15) is 4.79 Å². The van der Waals surface area contributed by atoms with Crippen LogP contribution in [0.2, 0.25) is 0 Å². The quantitative estimate of drug-likeness (QED) is 0.505. The first-order valence-electron chi connectivity index (χ1n) is 7.17. The van der Waals surface area contributed by atoms with Gasteiger partial charge in [-0.1, -0.05) is 42.5 Å². The highest BCUT2D eigenvalue weighted by molar-refractivity contribution is 8.00. The second-order valence-electron chi connectivity index (χ2n) is 5.11. The smallest absolute Gasteiger partial charge is 0.189 e. The van der Waals surface area contributed by atoms with Crippen molar-refractivity contribution in [1.29, 1.82) is 0 Å². The first-order chi connectivity index (χ1) is 10.7. The van der Waals surface area contributed by atoms with Gasteiger partial charge in [-0.15, -0.1) is 11.8 Å². The SMILES string of the molecule is Cn1cccc1C(=O)CSc1ccc(-c2ccccc2)cc1. The number of aromatic nitrogens is 1. The van der Waals surface area contributed by atoms with E-state index in [1.807, 2.05) is 48.1 Å². The highest BCUT2D eigenvalue weighted by Gasteiger charge is 2.09. The van der Waals surface area contributed by atoms with E-state index in [2.05, 4.69) is 36.4 Å². The molecule has 3 heteroatoms. The highest BCUT2D eigenvalue weighted by Crippen LogP contribution is 2.24. The average Bonchev–Trinajstić information content (AvgIpc) is 3.00. The topological polar surface area (TPSA) is 22.0 Å². The minimum atomic E-state index is 0.157. The van der Waals surface area contributed by atoms with Crippen molar-refractivity contribution in [2.24, 2.45) is 7.05 Å². The van der Waals surface area contributed by atoms with Crippen molar-refractivity contribution in [3.8, 4) is 11.1 Å². The van der Waals surface area contributed by atoms with E-state index >= 15 is 0 Å². The number of benzene rings is 2. The third-order valence-corrected chi connectivity index (χ3v) is 4.57. The predicted octanol–water partition coefficient (Wildman–Crippen LogP) is 4.67. The van der Waals surface area contributed by atoms with Crippen LogP contribution < -0.4 is 0 Å². The number of carbonyl (C=O) groups is 1. The van der Waals surface area contributed by atoms with Crippen LogP contribution in [0.4, 0.5) is 0 Å². The maximum Gasteiger partial charge on any atom is 0.189 e. The van der Waals surface area contributed by atoms with Crippen molar-refractivity contribution >= 4 is 17.5 Å².